The number of rotatable bonds is 5. The minimum atomic E-state index is -0.308. The van der Waals surface area contributed by atoms with Crippen LogP contribution < -0.4 is 0 Å². The normalized spacial score (nSPS) is 15.0. The van der Waals surface area contributed by atoms with Gasteiger partial charge in [0, 0.05) is 64.4 Å². The first-order chi connectivity index (χ1) is 29.0. The zero-order valence-electron chi connectivity index (χ0n) is 33.0. The predicted molar refractivity (Wildman–Crippen MR) is 247 cm³/mol. The molecule has 10 aromatic rings. The molecule has 0 unspecified atom stereocenters. The van der Waals surface area contributed by atoms with Crippen molar-refractivity contribution in [2.75, 3.05) is 0 Å². The Kier molecular flexibility index (Phi) is 6.64. The number of hydrogen-bond donors (Lipinski definition) is 1. The van der Waals surface area contributed by atoms with Crippen molar-refractivity contribution in [2.24, 2.45) is 0 Å². The van der Waals surface area contributed by atoms with Gasteiger partial charge in [0.15, 0.2) is 0 Å². The molecule has 3 aliphatic rings. The van der Waals surface area contributed by atoms with Crippen LogP contribution >= 0.6 is 11.8 Å². The molecule has 2 aliphatic carbocycles. The maximum atomic E-state index is 3.91. The lowest BCUT2D eigenvalue weighted by atomic mass is 9.78. The molecule has 0 amide bonds. The highest BCUT2D eigenvalue weighted by atomic mass is 32.2. The van der Waals surface area contributed by atoms with Crippen molar-refractivity contribution in [3.63, 3.8) is 0 Å². The van der Waals surface area contributed by atoms with Crippen LogP contribution in [0.4, 0.5) is 0 Å². The third-order valence-corrected chi connectivity index (χ3v) is 14.4. The van der Waals surface area contributed by atoms with E-state index in [4.69, 9.17) is 0 Å². The first-order valence-electron chi connectivity index (χ1n) is 20.6. The van der Waals surface area contributed by atoms with Crippen LogP contribution in [-0.4, -0.2) is 9.38 Å². The van der Waals surface area contributed by atoms with Crippen molar-refractivity contribution < 1.29 is 0 Å². The standard InChI is InChI=1S/C56H36N2S/c1-4-5-8-16-32-25-26-45-40(27-32)37-22-15-23-39(51(37)57-45)48-47-38-21-13-14-24-44(38)56(2,3)50(47)49-43-30-35(33-17-9-6-10-18-33)28-41-42-29-36(34-19-11-7-12-20-34)31-46-53(42)58(52(41)43)54(49)55(48)59-46/h4-13,16-21,23,27-31,57H,15,22H2,1-3H3/b5-4-,16-8-. The molecule has 0 saturated heterocycles. The summed E-state index contributed by atoms with van der Waals surface area (Å²) in [5.74, 6) is 0. The van der Waals surface area contributed by atoms with Crippen LogP contribution in [0.25, 0.3) is 94.0 Å². The van der Waals surface area contributed by atoms with E-state index in [-0.39, 0.29) is 5.41 Å². The number of nitrogens with one attached hydrogen (secondary N) is 1. The second-order valence-corrected chi connectivity index (χ2v) is 17.9. The highest BCUT2D eigenvalue weighted by molar-refractivity contribution is 8.00. The third-order valence-electron chi connectivity index (χ3n) is 13.2. The molecule has 0 fully saturated rings. The molecule has 13 rings (SSSR count). The van der Waals surface area contributed by atoms with Crippen LogP contribution in [0.1, 0.15) is 60.7 Å². The number of allylic oxidation sites excluding steroid dienone is 4. The molecule has 0 saturated carbocycles. The van der Waals surface area contributed by atoms with Gasteiger partial charge in [0.05, 0.1) is 27.8 Å². The van der Waals surface area contributed by atoms with Crippen LogP contribution in [-0.2, 0) is 11.8 Å². The summed E-state index contributed by atoms with van der Waals surface area (Å²) < 4.78 is 2.65. The summed E-state index contributed by atoms with van der Waals surface area (Å²) in [4.78, 5) is 6.54. The molecule has 4 heterocycles. The Hall–Kier alpha value is -6.91. The Morgan fingerprint density at radius 2 is 1.47 bits per heavy atom. The molecular formula is C56H36N2S. The molecule has 0 bridgehead atoms. The molecule has 0 spiro atoms. The Bertz CT molecular complexity index is 3530. The van der Waals surface area contributed by atoms with E-state index in [1.165, 1.54) is 120 Å². The number of aromatic nitrogens is 2. The van der Waals surface area contributed by atoms with Crippen molar-refractivity contribution >= 4 is 72.4 Å². The minimum absolute atomic E-state index is 0.308. The van der Waals surface area contributed by atoms with E-state index in [0.717, 1.165) is 23.9 Å². The molecule has 3 aromatic heterocycles. The monoisotopic (exact) mass is 768 g/mol. The Morgan fingerprint density at radius 3 is 2.25 bits per heavy atom. The molecule has 276 valence electrons. The molecule has 1 N–H and O–H groups in total. The van der Waals surface area contributed by atoms with Crippen LogP contribution in [0.3, 0.4) is 0 Å². The van der Waals surface area contributed by atoms with Gasteiger partial charge in [0.25, 0.3) is 0 Å². The van der Waals surface area contributed by atoms with E-state index >= 15 is 0 Å². The molecule has 1 aliphatic heterocycles. The van der Waals surface area contributed by atoms with Crippen molar-refractivity contribution in [1.29, 1.82) is 0 Å². The summed E-state index contributed by atoms with van der Waals surface area (Å²) in [5.41, 5.74) is 21.1. The van der Waals surface area contributed by atoms with Crippen molar-refractivity contribution in [3.8, 4) is 33.4 Å². The zero-order chi connectivity index (χ0) is 39.1. The molecule has 0 atom stereocenters. The number of hydrogen-bond acceptors (Lipinski definition) is 1. The SMILES string of the molecule is C/C=C\C=C/c1c#cc2[nH]c3c(c2c1)CCC=C3c1c2c(c3c4cc(-c5ccccc5)cc5c6cc(-c7ccccc7)cc7c6n(c3c1S7)c54)C(C)(C)c1c#cccc1-2. The fourth-order valence-corrected chi connectivity index (χ4v) is 12.1. The molecular weight excluding hydrogens is 733 g/mol. The van der Waals surface area contributed by atoms with Gasteiger partial charge in [0.1, 0.15) is 0 Å². The van der Waals surface area contributed by atoms with Gasteiger partial charge >= 0.3 is 0 Å². The van der Waals surface area contributed by atoms with Crippen LogP contribution in [0, 0.1) is 24.3 Å². The quantitative estimate of drug-likeness (QED) is 0.173. The summed E-state index contributed by atoms with van der Waals surface area (Å²) in [6, 6.07) is 52.2. The lowest BCUT2D eigenvalue weighted by Gasteiger charge is -2.27. The minimum Gasteiger partial charge on any atom is -0.347 e. The number of benzene rings is 5. The van der Waals surface area contributed by atoms with E-state index in [1.807, 2.05) is 24.8 Å². The number of aromatic amines is 1. The van der Waals surface area contributed by atoms with E-state index in [1.54, 1.807) is 0 Å². The maximum Gasteiger partial charge on any atom is 0.0978 e. The number of nitrogens with zero attached hydrogens (tertiary/aromatic N) is 1. The van der Waals surface area contributed by atoms with Crippen LogP contribution in [0.5, 0.6) is 0 Å². The summed E-state index contributed by atoms with van der Waals surface area (Å²) in [7, 11) is 0. The van der Waals surface area contributed by atoms with Gasteiger partial charge < -0.3 is 9.38 Å². The molecule has 59 heavy (non-hydrogen) atoms. The lowest BCUT2D eigenvalue weighted by molar-refractivity contribution is 0.666. The third kappa shape index (κ3) is 4.36. The van der Waals surface area contributed by atoms with Crippen LogP contribution in [0.2, 0.25) is 0 Å². The molecule has 2 nitrogen and oxygen atoms in total. The topological polar surface area (TPSA) is 20.2 Å². The van der Waals surface area contributed by atoms with Crippen molar-refractivity contribution in [2.45, 2.75) is 48.8 Å². The average Bonchev–Trinajstić information content (AvgIpc) is 3.99. The lowest BCUT2D eigenvalue weighted by Crippen LogP contribution is -2.16. The van der Waals surface area contributed by atoms with E-state index in [9.17, 15) is 0 Å². The summed E-state index contributed by atoms with van der Waals surface area (Å²) in [6.45, 7) is 6.85. The number of H-pyrrole nitrogens is 1. The van der Waals surface area contributed by atoms with E-state index < -0.39 is 0 Å². The van der Waals surface area contributed by atoms with Gasteiger partial charge in [-0.25, -0.2) is 0 Å². The van der Waals surface area contributed by atoms with Gasteiger partial charge in [-0.2, -0.15) is 0 Å². The second kappa shape index (κ2) is 11.8. The van der Waals surface area contributed by atoms with Crippen molar-refractivity contribution in [3.05, 3.63) is 185 Å². The average molecular weight is 769 g/mol. The predicted octanol–water partition coefficient (Wildman–Crippen LogP) is 14.6. The van der Waals surface area contributed by atoms with Gasteiger partial charge in [0.2, 0.25) is 0 Å². The van der Waals surface area contributed by atoms with Crippen molar-refractivity contribution in [1.82, 2.24) is 9.38 Å². The maximum absolute atomic E-state index is 3.91. The van der Waals surface area contributed by atoms with E-state index in [0.29, 0.717) is 0 Å². The fourth-order valence-electron chi connectivity index (χ4n) is 10.8. The fraction of sp³-hybridized carbons (Fsp3) is 0.107. The van der Waals surface area contributed by atoms with Crippen LogP contribution in [0.15, 0.2) is 137 Å². The highest BCUT2D eigenvalue weighted by Crippen LogP contribution is 2.62. The first-order valence-corrected chi connectivity index (χ1v) is 21.4. The smallest absolute Gasteiger partial charge is 0.0978 e. The number of fused-ring (bicyclic) bond motifs is 9. The Morgan fingerprint density at radius 1 is 0.729 bits per heavy atom. The summed E-state index contributed by atoms with van der Waals surface area (Å²) >= 11 is 1.96. The molecule has 0 radical (unpaired) electrons. The molecule has 3 heteroatoms. The van der Waals surface area contributed by atoms with Gasteiger partial charge in [-0.3, -0.25) is 0 Å². The highest BCUT2D eigenvalue weighted by Gasteiger charge is 2.44. The van der Waals surface area contributed by atoms with Gasteiger partial charge in [-0.05, 0) is 119 Å². The number of aryl methyl sites for hydroxylation is 1. The summed E-state index contributed by atoms with van der Waals surface area (Å²) in [5, 5.41) is 6.55. The largest absolute Gasteiger partial charge is 0.347 e. The Labute approximate surface area is 347 Å². The Balaban J connectivity index is 1.19. The van der Waals surface area contributed by atoms with Gasteiger partial charge in [-0.15, -0.1) is 0 Å². The van der Waals surface area contributed by atoms with Gasteiger partial charge in [-0.1, -0.05) is 129 Å². The zero-order valence-corrected chi connectivity index (χ0v) is 33.8. The first kappa shape index (κ1) is 33.1. The van der Waals surface area contributed by atoms with E-state index in [2.05, 4.69) is 175 Å². The molecule has 7 aromatic carbocycles. The second-order valence-electron chi connectivity index (χ2n) is 16.8. The summed E-state index contributed by atoms with van der Waals surface area (Å²) in [6.07, 6.45) is 12.8.